The van der Waals surface area contributed by atoms with Gasteiger partial charge in [0.05, 0.1) is 12.1 Å². The molecule has 2 N–H and O–H groups in total. The molecule has 0 spiro atoms. The molecular weight excluding hydrogens is 351 g/mol. The van der Waals surface area contributed by atoms with Crippen LogP contribution in [0.15, 0.2) is 42.5 Å². The van der Waals surface area contributed by atoms with Gasteiger partial charge in [0.1, 0.15) is 18.1 Å². The van der Waals surface area contributed by atoms with Crippen molar-refractivity contribution in [2.75, 3.05) is 12.4 Å². The molecule has 1 heterocycles. The van der Waals surface area contributed by atoms with E-state index in [4.69, 9.17) is 32.7 Å². The Hall–Kier alpha value is -2.44. The molecule has 0 unspecified atom stereocenters. The van der Waals surface area contributed by atoms with Gasteiger partial charge in [-0.3, -0.25) is 5.10 Å². The first kappa shape index (κ1) is 16.4. The van der Waals surface area contributed by atoms with Crippen LogP contribution in [0, 0.1) is 0 Å². The van der Waals surface area contributed by atoms with Crippen LogP contribution in [0.3, 0.4) is 0 Å². The number of H-pyrrole nitrogens is 1. The first-order valence-corrected chi connectivity index (χ1v) is 7.80. The smallest absolute Gasteiger partial charge is 0.246 e. The normalized spacial score (nSPS) is 10.5. The molecule has 0 aliphatic carbocycles. The minimum absolute atomic E-state index is 0.207. The van der Waals surface area contributed by atoms with E-state index in [1.165, 1.54) is 0 Å². The number of hydrogen-bond acceptors (Lipinski definition) is 5. The zero-order chi connectivity index (χ0) is 16.9. The predicted molar refractivity (Wildman–Crippen MR) is 93.5 cm³/mol. The number of hydrogen-bond donors (Lipinski definition) is 2. The molecule has 0 bridgehead atoms. The number of methoxy groups -OCH3 is 1. The molecular formula is C16H14Cl2N4O2. The van der Waals surface area contributed by atoms with Crippen molar-refractivity contribution in [2.24, 2.45) is 0 Å². The molecule has 124 valence electrons. The van der Waals surface area contributed by atoms with Gasteiger partial charge >= 0.3 is 0 Å². The van der Waals surface area contributed by atoms with Crippen LogP contribution in [0.2, 0.25) is 10.0 Å². The third-order valence-corrected chi connectivity index (χ3v) is 3.67. The number of halogens is 2. The Balaban J connectivity index is 1.60. The fourth-order valence-electron chi connectivity index (χ4n) is 1.96. The molecule has 0 radical (unpaired) electrons. The number of benzene rings is 2. The molecule has 0 aliphatic rings. The number of aromatic amines is 1. The fraction of sp³-hybridized carbons (Fsp3) is 0.125. The van der Waals surface area contributed by atoms with Crippen LogP contribution in [0.1, 0.15) is 5.82 Å². The van der Waals surface area contributed by atoms with E-state index in [2.05, 4.69) is 20.5 Å². The standard InChI is InChI=1S/C16H14Cl2N4O2/c1-23-12-5-3-11(4-6-12)19-16-20-15(21-22-16)9-24-14-7-2-10(17)8-13(14)18/h2-8H,9H2,1H3,(H2,19,20,21,22). The minimum atomic E-state index is 0.207. The summed E-state index contributed by atoms with van der Waals surface area (Å²) in [5.74, 6) is 2.32. The summed E-state index contributed by atoms with van der Waals surface area (Å²) in [7, 11) is 1.62. The summed E-state index contributed by atoms with van der Waals surface area (Å²) in [6, 6.07) is 12.5. The van der Waals surface area contributed by atoms with E-state index >= 15 is 0 Å². The van der Waals surface area contributed by atoms with E-state index in [-0.39, 0.29) is 6.61 Å². The number of anilines is 2. The van der Waals surface area contributed by atoms with Crippen molar-refractivity contribution in [1.82, 2.24) is 15.2 Å². The lowest BCUT2D eigenvalue weighted by atomic mass is 10.3. The average Bonchev–Trinajstić information content (AvgIpc) is 3.02. The third kappa shape index (κ3) is 4.10. The van der Waals surface area contributed by atoms with Gasteiger partial charge in [0, 0.05) is 10.7 Å². The van der Waals surface area contributed by atoms with Gasteiger partial charge in [-0.2, -0.15) is 4.98 Å². The number of aromatic nitrogens is 3. The number of rotatable bonds is 6. The molecule has 3 rings (SSSR count). The van der Waals surface area contributed by atoms with E-state index in [0.29, 0.717) is 27.6 Å². The van der Waals surface area contributed by atoms with Crippen molar-refractivity contribution >= 4 is 34.8 Å². The highest BCUT2D eigenvalue weighted by Crippen LogP contribution is 2.28. The van der Waals surface area contributed by atoms with E-state index in [9.17, 15) is 0 Å². The molecule has 0 amide bonds. The van der Waals surface area contributed by atoms with E-state index in [1.807, 2.05) is 24.3 Å². The second-order valence-corrected chi connectivity index (χ2v) is 5.67. The molecule has 0 atom stereocenters. The lowest BCUT2D eigenvalue weighted by molar-refractivity contribution is 0.296. The van der Waals surface area contributed by atoms with Crippen molar-refractivity contribution in [3.05, 3.63) is 58.3 Å². The highest BCUT2D eigenvalue weighted by Gasteiger charge is 2.07. The van der Waals surface area contributed by atoms with E-state index < -0.39 is 0 Å². The van der Waals surface area contributed by atoms with Crippen LogP contribution in [0.5, 0.6) is 11.5 Å². The van der Waals surface area contributed by atoms with Gasteiger partial charge in [-0.1, -0.05) is 23.2 Å². The molecule has 6 nitrogen and oxygen atoms in total. The van der Waals surface area contributed by atoms with Gasteiger partial charge in [0.25, 0.3) is 0 Å². The first-order valence-electron chi connectivity index (χ1n) is 7.04. The maximum atomic E-state index is 6.05. The second kappa shape index (κ2) is 7.42. The topological polar surface area (TPSA) is 72.1 Å². The largest absolute Gasteiger partial charge is 0.497 e. The number of nitrogens with one attached hydrogen (secondary N) is 2. The molecule has 3 aromatic rings. The molecule has 1 aromatic heterocycles. The Labute approximate surface area is 148 Å². The minimum Gasteiger partial charge on any atom is -0.497 e. The van der Waals surface area contributed by atoms with Gasteiger partial charge in [-0.15, -0.1) is 5.10 Å². The van der Waals surface area contributed by atoms with Crippen molar-refractivity contribution in [3.8, 4) is 11.5 Å². The number of ether oxygens (including phenoxy) is 2. The lowest BCUT2D eigenvalue weighted by Gasteiger charge is -2.06. The van der Waals surface area contributed by atoms with Gasteiger partial charge in [-0.05, 0) is 42.5 Å². The highest BCUT2D eigenvalue weighted by atomic mass is 35.5. The van der Waals surface area contributed by atoms with Crippen LogP contribution < -0.4 is 14.8 Å². The summed E-state index contributed by atoms with van der Waals surface area (Å²) in [5, 5.41) is 11.0. The SMILES string of the molecule is COc1ccc(Nc2n[nH]c(COc3ccc(Cl)cc3Cl)n2)cc1. The summed E-state index contributed by atoms with van der Waals surface area (Å²) in [6.45, 7) is 0.207. The van der Waals surface area contributed by atoms with Gasteiger partial charge in [-0.25, -0.2) is 0 Å². The zero-order valence-electron chi connectivity index (χ0n) is 12.7. The maximum Gasteiger partial charge on any atom is 0.246 e. The van der Waals surface area contributed by atoms with Crippen molar-refractivity contribution < 1.29 is 9.47 Å². The van der Waals surface area contributed by atoms with Crippen LogP contribution >= 0.6 is 23.2 Å². The lowest BCUT2D eigenvalue weighted by Crippen LogP contribution is -1.98. The van der Waals surface area contributed by atoms with Crippen LogP contribution in [-0.2, 0) is 6.61 Å². The summed E-state index contributed by atoms with van der Waals surface area (Å²) in [6.07, 6.45) is 0. The van der Waals surface area contributed by atoms with Crippen molar-refractivity contribution in [3.63, 3.8) is 0 Å². The fourth-order valence-corrected chi connectivity index (χ4v) is 2.42. The molecule has 0 fully saturated rings. The predicted octanol–water partition coefficient (Wildman–Crippen LogP) is 4.44. The summed E-state index contributed by atoms with van der Waals surface area (Å²) in [4.78, 5) is 4.31. The summed E-state index contributed by atoms with van der Waals surface area (Å²) in [5.41, 5.74) is 0.850. The summed E-state index contributed by atoms with van der Waals surface area (Å²) >= 11 is 11.9. The molecule has 24 heavy (non-hydrogen) atoms. The first-order chi connectivity index (χ1) is 11.6. The Morgan fingerprint density at radius 3 is 2.62 bits per heavy atom. The molecule has 0 saturated heterocycles. The molecule has 0 saturated carbocycles. The average molecular weight is 365 g/mol. The van der Waals surface area contributed by atoms with Gasteiger partial charge < -0.3 is 14.8 Å². The van der Waals surface area contributed by atoms with Gasteiger partial charge in [0.15, 0.2) is 5.82 Å². The molecule has 2 aromatic carbocycles. The molecule has 0 aliphatic heterocycles. The van der Waals surface area contributed by atoms with Crippen LogP contribution in [0.25, 0.3) is 0 Å². The quantitative estimate of drug-likeness (QED) is 0.676. The second-order valence-electron chi connectivity index (χ2n) is 4.82. The third-order valence-electron chi connectivity index (χ3n) is 3.14. The van der Waals surface area contributed by atoms with E-state index in [1.54, 1.807) is 25.3 Å². The van der Waals surface area contributed by atoms with Gasteiger partial charge in [0.2, 0.25) is 5.95 Å². The summed E-state index contributed by atoms with van der Waals surface area (Å²) < 4.78 is 10.7. The zero-order valence-corrected chi connectivity index (χ0v) is 14.2. The Morgan fingerprint density at radius 2 is 1.92 bits per heavy atom. The van der Waals surface area contributed by atoms with Crippen molar-refractivity contribution in [2.45, 2.75) is 6.61 Å². The Bertz CT molecular complexity index is 821. The maximum absolute atomic E-state index is 6.05. The Kier molecular flexibility index (Phi) is 5.08. The highest BCUT2D eigenvalue weighted by molar-refractivity contribution is 6.35. The Morgan fingerprint density at radius 1 is 1.12 bits per heavy atom. The number of nitrogens with zero attached hydrogens (tertiary/aromatic N) is 2. The monoisotopic (exact) mass is 364 g/mol. The van der Waals surface area contributed by atoms with E-state index in [0.717, 1.165) is 11.4 Å². The van der Waals surface area contributed by atoms with Crippen LogP contribution in [0.4, 0.5) is 11.6 Å². The van der Waals surface area contributed by atoms with Crippen molar-refractivity contribution in [1.29, 1.82) is 0 Å². The van der Waals surface area contributed by atoms with Crippen LogP contribution in [-0.4, -0.2) is 22.3 Å². The molecule has 8 heteroatoms.